The van der Waals surface area contributed by atoms with Crippen LogP contribution in [0, 0.1) is 0 Å². The molecule has 0 bridgehead atoms. The van der Waals surface area contributed by atoms with Gasteiger partial charge in [-0.15, -0.1) is 0 Å². The Morgan fingerprint density at radius 3 is 2.50 bits per heavy atom. The Balaban J connectivity index is 1.53. The molecular weight excluding hydrogens is 244 g/mol. The van der Waals surface area contributed by atoms with Gasteiger partial charge in [0.25, 0.3) is 0 Å². The fourth-order valence-corrected chi connectivity index (χ4v) is 4.02. The smallest absolute Gasteiger partial charge is 0.0325 e. The summed E-state index contributed by atoms with van der Waals surface area (Å²) in [4.78, 5) is 5.40. The monoisotopic (exact) mass is 274 g/mol. The molecule has 0 unspecified atom stereocenters. The van der Waals surface area contributed by atoms with Crippen LogP contribution in [0.15, 0.2) is 23.4 Å². The molecule has 3 rings (SSSR count). The van der Waals surface area contributed by atoms with Crippen LogP contribution in [-0.2, 0) is 0 Å². The molecule has 0 spiro atoms. The molecule has 0 aromatic carbocycles. The molecule has 3 aliphatic rings. The molecule has 2 heterocycles. The number of nitrogens with zero attached hydrogens (tertiary/aromatic N) is 2. The van der Waals surface area contributed by atoms with Crippen LogP contribution in [0.2, 0.25) is 0 Å². The van der Waals surface area contributed by atoms with Crippen molar-refractivity contribution in [1.82, 2.24) is 9.80 Å². The van der Waals surface area contributed by atoms with Gasteiger partial charge in [-0.05, 0) is 64.1 Å². The summed E-state index contributed by atoms with van der Waals surface area (Å²) in [6.07, 6.45) is 15.7. The standard InChI is InChI=1S/C18H30N2/c1-2-16-7-6-8-18(15-16)20-13-9-17(10-14-20)19-11-4-3-5-12-19/h8,15,17H,2-7,9-14H2,1H3. The highest BCUT2D eigenvalue weighted by atomic mass is 15.2. The molecule has 0 aromatic heterocycles. The number of rotatable bonds is 3. The van der Waals surface area contributed by atoms with Crippen molar-refractivity contribution in [3.8, 4) is 0 Å². The molecule has 0 aromatic rings. The highest BCUT2D eigenvalue weighted by molar-refractivity contribution is 5.27. The van der Waals surface area contributed by atoms with E-state index in [0.717, 1.165) is 6.04 Å². The molecule has 1 aliphatic carbocycles. The van der Waals surface area contributed by atoms with Gasteiger partial charge in [-0.1, -0.05) is 25.0 Å². The molecule has 0 amide bonds. The molecule has 20 heavy (non-hydrogen) atoms. The lowest BCUT2D eigenvalue weighted by Gasteiger charge is -2.41. The molecule has 2 aliphatic heterocycles. The second-order valence-corrected chi connectivity index (χ2v) is 6.64. The van der Waals surface area contributed by atoms with Crippen LogP contribution in [0.1, 0.15) is 58.3 Å². The summed E-state index contributed by atoms with van der Waals surface area (Å²) in [6.45, 7) is 7.53. The van der Waals surface area contributed by atoms with Crippen molar-refractivity contribution >= 4 is 0 Å². The van der Waals surface area contributed by atoms with Crippen LogP contribution in [-0.4, -0.2) is 42.0 Å². The number of hydrogen-bond donors (Lipinski definition) is 0. The zero-order valence-corrected chi connectivity index (χ0v) is 13.1. The molecular formula is C18H30N2. The van der Waals surface area contributed by atoms with Gasteiger partial charge in [0, 0.05) is 24.8 Å². The van der Waals surface area contributed by atoms with Crippen LogP contribution in [0.5, 0.6) is 0 Å². The Labute approximate surface area is 124 Å². The lowest BCUT2D eigenvalue weighted by molar-refractivity contribution is 0.106. The van der Waals surface area contributed by atoms with Gasteiger partial charge in [0.1, 0.15) is 0 Å². The minimum atomic E-state index is 0.866. The van der Waals surface area contributed by atoms with Crippen molar-refractivity contribution in [1.29, 1.82) is 0 Å². The predicted octanol–water partition coefficient (Wildman–Crippen LogP) is 3.95. The predicted molar refractivity (Wildman–Crippen MR) is 85.7 cm³/mol. The number of likely N-dealkylation sites (tertiary alicyclic amines) is 2. The number of piperidine rings is 2. The average molecular weight is 274 g/mol. The second kappa shape index (κ2) is 6.80. The van der Waals surface area contributed by atoms with Crippen LogP contribution in [0.4, 0.5) is 0 Å². The molecule has 0 radical (unpaired) electrons. The third-order valence-corrected chi connectivity index (χ3v) is 5.36. The van der Waals surface area contributed by atoms with E-state index >= 15 is 0 Å². The molecule has 2 heteroatoms. The summed E-state index contributed by atoms with van der Waals surface area (Å²) in [5, 5.41) is 0. The van der Waals surface area contributed by atoms with Crippen LogP contribution in [0.25, 0.3) is 0 Å². The summed E-state index contributed by atoms with van der Waals surface area (Å²) < 4.78 is 0. The van der Waals surface area contributed by atoms with Gasteiger partial charge in [-0.3, -0.25) is 0 Å². The molecule has 2 fully saturated rings. The summed E-state index contributed by atoms with van der Waals surface area (Å²) in [5.41, 5.74) is 3.16. The van der Waals surface area contributed by atoms with E-state index < -0.39 is 0 Å². The lowest BCUT2D eigenvalue weighted by atomic mass is 9.96. The Kier molecular flexibility index (Phi) is 4.82. The minimum Gasteiger partial charge on any atom is -0.372 e. The summed E-state index contributed by atoms with van der Waals surface area (Å²) in [6, 6.07) is 0.866. The van der Waals surface area contributed by atoms with Crippen molar-refractivity contribution < 1.29 is 0 Å². The maximum absolute atomic E-state index is 2.77. The maximum Gasteiger partial charge on any atom is 0.0325 e. The first-order valence-corrected chi connectivity index (χ1v) is 8.75. The van der Waals surface area contributed by atoms with Crippen molar-refractivity contribution in [3.63, 3.8) is 0 Å². The van der Waals surface area contributed by atoms with E-state index in [1.807, 2.05) is 0 Å². The topological polar surface area (TPSA) is 6.48 Å². The first-order chi connectivity index (χ1) is 9.86. The quantitative estimate of drug-likeness (QED) is 0.769. The number of hydrogen-bond acceptors (Lipinski definition) is 2. The van der Waals surface area contributed by atoms with Gasteiger partial charge in [-0.2, -0.15) is 0 Å². The normalized spacial score (nSPS) is 26.4. The largest absolute Gasteiger partial charge is 0.372 e. The molecule has 112 valence electrons. The average Bonchev–Trinajstić information content (AvgIpc) is 2.56. The third kappa shape index (κ3) is 3.28. The van der Waals surface area contributed by atoms with Gasteiger partial charge in [0.2, 0.25) is 0 Å². The molecule has 2 nitrogen and oxygen atoms in total. The first-order valence-electron chi connectivity index (χ1n) is 8.75. The fourth-order valence-electron chi connectivity index (χ4n) is 4.02. The molecule has 2 saturated heterocycles. The van der Waals surface area contributed by atoms with Crippen molar-refractivity contribution in [2.75, 3.05) is 26.2 Å². The molecule has 0 saturated carbocycles. The fraction of sp³-hybridized carbons (Fsp3) is 0.778. The maximum atomic E-state index is 2.77. The Morgan fingerprint density at radius 1 is 1.05 bits per heavy atom. The van der Waals surface area contributed by atoms with E-state index in [2.05, 4.69) is 28.9 Å². The summed E-state index contributed by atoms with van der Waals surface area (Å²) in [5.74, 6) is 0. The van der Waals surface area contributed by atoms with E-state index in [-0.39, 0.29) is 0 Å². The van der Waals surface area contributed by atoms with Gasteiger partial charge >= 0.3 is 0 Å². The van der Waals surface area contributed by atoms with E-state index in [0.29, 0.717) is 0 Å². The third-order valence-electron chi connectivity index (χ3n) is 5.36. The number of allylic oxidation sites excluding steroid dienone is 3. The van der Waals surface area contributed by atoms with Crippen LogP contribution < -0.4 is 0 Å². The van der Waals surface area contributed by atoms with E-state index in [1.165, 1.54) is 83.2 Å². The highest BCUT2D eigenvalue weighted by Gasteiger charge is 2.26. The van der Waals surface area contributed by atoms with Crippen molar-refractivity contribution in [3.05, 3.63) is 23.4 Å². The van der Waals surface area contributed by atoms with Crippen LogP contribution >= 0.6 is 0 Å². The van der Waals surface area contributed by atoms with Crippen molar-refractivity contribution in [2.45, 2.75) is 64.3 Å². The SMILES string of the molecule is CCC1=CC(N2CCC(N3CCCCC3)CC2)=CCC1. The second-order valence-electron chi connectivity index (χ2n) is 6.64. The van der Waals surface area contributed by atoms with Gasteiger partial charge < -0.3 is 9.80 Å². The van der Waals surface area contributed by atoms with Gasteiger partial charge in [0.15, 0.2) is 0 Å². The van der Waals surface area contributed by atoms with E-state index in [9.17, 15) is 0 Å². The molecule has 0 atom stereocenters. The minimum absolute atomic E-state index is 0.866. The Bertz CT molecular complexity index is 369. The first kappa shape index (κ1) is 14.2. The lowest BCUT2D eigenvalue weighted by Crippen LogP contribution is -2.46. The zero-order valence-electron chi connectivity index (χ0n) is 13.1. The summed E-state index contributed by atoms with van der Waals surface area (Å²) in [7, 11) is 0. The van der Waals surface area contributed by atoms with E-state index in [4.69, 9.17) is 0 Å². The van der Waals surface area contributed by atoms with Crippen LogP contribution in [0.3, 0.4) is 0 Å². The van der Waals surface area contributed by atoms with Gasteiger partial charge in [0.05, 0.1) is 0 Å². The Morgan fingerprint density at radius 2 is 1.80 bits per heavy atom. The highest BCUT2D eigenvalue weighted by Crippen LogP contribution is 2.27. The van der Waals surface area contributed by atoms with E-state index in [1.54, 1.807) is 5.57 Å². The van der Waals surface area contributed by atoms with Crippen molar-refractivity contribution in [2.24, 2.45) is 0 Å². The molecule has 0 N–H and O–H groups in total. The zero-order chi connectivity index (χ0) is 13.8. The van der Waals surface area contributed by atoms with Gasteiger partial charge in [-0.25, -0.2) is 0 Å². The Hall–Kier alpha value is -0.760. The summed E-state index contributed by atoms with van der Waals surface area (Å²) >= 11 is 0.